The molecule has 0 saturated carbocycles. The van der Waals surface area contributed by atoms with Crippen LogP contribution in [0, 0.1) is 0 Å². The molecule has 0 saturated heterocycles. The average molecular weight is 881 g/mol. The number of amides is 4. The standard InChI is InChI=1S/C35H60N4O12.4K/c1-3-5-7-9-11-13-16-28(40)36-26(34(48)49)18-20-30(42)38(24-32(44)45)22-15-23-39(25-33(46)47)31(43)21-19-27(35(50)51)37-29(41)17-14-12-10-8-6-4-2;;;;/h26-27H,3-25H2,1-2H3,(H,36,40)(H,37,41)(H,44,45)(H,46,47)(H,48,49)(H,50,51);;;;/q;4*+1/p-4. The Morgan fingerprint density at radius 2 is 0.764 bits per heavy atom. The fourth-order valence-corrected chi connectivity index (χ4v) is 5.36. The van der Waals surface area contributed by atoms with E-state index in [1.165, 1.54) is 0 Å². The number of carbonyl (C=O) groups excluding carboxylic acids is 8. The minimum Gasteiger partial charge on any atom is -0.548 e. The quantitative estimate of drug-likeness (QED) is 0.0472. The fourth-order valence-electron chi connectivity index (χ4n) is 5.36. The summed E-state index contributed by atoms with van der Waals surface area (Å²) in [6.07, 6.45) is 9.46. The molecule has 0 fully saturated rings. The van der Waals surface area contributed by atoms with Crippen molar-refractivity contribution in [3.8, 4) is 0 Å². The molecular weight excluding hydrogens is 825 g/mol. The van der Waals surface area contributed by atoms with E-state index in [1.807, 2.05) is 0 Å². The monoisotopic (exact) mass is 880 g/mol. The summed E-state index contributed by atoms with van der Waals surface area (Å²) in [6.45, 7) is 1.83. The van der Waals surface area contributed by atoms with Crippen LogP contribution in [-0.2, 0) is 38.4 Å². The van der Waals surface area contributed by atoms with Crippen LogP contribution in [0.2, 0.25) is 0 Å². The molecule has 0 aliphatic rings. The number of carbonyl (C=O) groups is 8. The maximum atomic E-state index is 12.9. The molecule has 0 aromatic heterocycles. The van der Waals surface area contributed by atoms with Crippen LogP contribution in [0.1, 0.15) is 136 Å². The Kier molecular flexibility index (Phi) is 51.9. The average Bonchev–Trinajstić information content (AvgIpc) is 3.06. The summed E-state index contributed by atoms with van der Waals surface area (Å²) < 4.78 is 0. The van der Waals surface area contributed by atoms with Gasteiger partial charge >= 0.3 is 206 Å². The molecule has 20 heteroatoms. The van der Waals surface area contributed by atoms with Crippen molar-refractivity contribution in [1.29, 1.82) is 0 Å². The molecular formula is C35H56K4N4O12. The van der Waals surface area contributed by atoms with Crippen molar-refractivity contribution in [2.45, 2.75) is 148 Å². The summed E-state index contributed by atoms with van der Waals surface area (Å²) in [5.41, 5.74) is 0. The summed E-state index contributed by atoms with van der Waals surface area (Å²) in [4.78, 5) is 97.7. The number of aliphatic carboxylic acids is 4. The van der Waals surface area contributed by atoms with Crippen LogP contribution in [0.5, 0.6) is 0 Å². The van der Waals surface area contributed by atoms with Crippen LogP contribution in [0.4, 0.5) is 0 Å². The predicted molar refractivity (Wildman–Crippen MR) is 176 cm³/mol. The van der Waals surface area contributed by atoms with Gasteiger partial charge in [0.15, 0.2) is 0 Å². The first-order valence-electron chi connectivity index (χ1n) is 18.2. The zero-order chi connectivity index (χ0) is 38.6. The Balaban J connectivity index is -0.00000208. The molecule has 2 N–H and O–H groups in total. The van der Waals surface area contributed by atoms with Crippen molar-refractivity contribution in [3.63, 3.8) is 0 Å². The number of hydrogen-bond donors (Lipinski definition) is 2. The number of nitrogens with zero attached hydrogens (tertiary/aromatic N) is 2. The van der Waals surface area contributed by atoms with Gasteiger partial charge in [-0.15, -0.1) is 0 Å². The molecule has 292 valence electrons. The number of nitrogens with one attached hydrogen (secondary N) is 2. The van der Waals surface area contributed by atoms with E-state index in [2.05, 4.69) is 24.5 Å². The predicted octanol–water partition coefficient (Wildman–Crippen LogP) is -13.9. The Hall–Kier alpha value is 2.31. The van der Waals surface area contributed by atoms with E-state index in [4.69, 9.17) is 0 Å². The van der Waals surface area contributed by atoms with Crippen molar-refractivity contribution >= 4 is 47.5 Å². The second-order valence-corrected chi connectivity index (χ2v) is 12.7. The van der Waals surface area contributed by atoms with Crippen molar-refractivity contribution < 1.29 is 264 Å². The molecule has 0 bridgehead atoms. The largest absolute Gasteiger partial charge is 1.00 e. The van der Waals surface area contributed by atoms with Gasteiger partial charge in [0.1, 0.15) is 0 Å². The first-order chi connectivity index (χ1) is 24.2. The molecule has 0 aliphatic heterocycles. The van der Waals surface area contributed by atoms with Crippen LogP contribution in [0.15, 0.2) is 0 Å². The normalized spacial score (nSPS) is 11.1. The van der Waals surface area contributed by atoms with Gasteiger partial charge in [-0.05, 0) is 32.1 Å². The van der Waals surface area contributed by atoms with Gasteiger partial charge in [0.05, 0.1) is 49.1 Å². The van der Waals surface area contributed by atoms with Crippen molar-refractivity contribution in [1.82, 2.24) is 20.4 Å². The van der Waals surface area contributed by atoms with Crippen LogP contribution in [0.25, 0.3) is 0 Å². The topological polar surface area (TPSA) is 259 Å². The Labute approximate surface area is 496 Å². The molecule has 0 aromatic carbocycles. The molecule has 4 amide bonds. The zero-order valence-electron chi connectivity index (χ0n) is 34.2. The van der Waals surface area contributed by atoms with E-state index >= 15 is 0 Å². The molecule has 2 atom stereocenters. The number of carboxylic acids is 4. The van der Waals surface area contributed by atoms with E-state index in [0.717, 1.165) is 74.0 Å². The summed E-state index contributed by atoms with van der Waals surface area (Å²) in [6, 6.07) is -2.99. The first kappa shape index (κ1) is 66.4. The first-order valence-corrected chi connectivity index (χ1v) is 18.2. The van der Waals surface area contributed by atoms with Crippen LogP contribution in [0.3, 0.4) is 0 Å². The summed E-state index contributed by atoms with van der Waals surface area (Å²) in [7, 11) is 0. The van der Waals surface area contributed by atoms with Gasteiger partial charge in [-0.25, -0.2) is 0 Å². The van der Waals surface area contributed by atoms with Gasteiger partial charge in [0.25, 0.3) is 0 Å². The molecule has 0 rings (SSSR count). The van der Waals surface area contributed by atoms with Crippen LogP contribution >= 0.6 is 0 Å². The molecule has 0 radical (unpaired) electrons. The molecule has 2 unspecified atom stereocenters. The summed E-state index contributed by atoms with van der Waals surface area (Å²) >= 11 is 0. The minimum absolute atomic E-state index is 0. The smallest absolute Gasteiger partial charge is 0.548 e. The third-order valence-corrected chi connectivity index (χ3v) is 8.25. The van der Waals surface area contributed by atoms with Crippen LogP contribution in [-0.4, -0.2) is 95.6 Å². The van der Waals surface area contributed by atoms with Gasteiger partial charge in [-0.2, -0.15) is 0 Å². The Bertz CT molecular complexity index is 1050. The van der Waals surface area contributed by atoms with Gasteiger partial charge < -0.3 is 60.0 Å². The maximum Gasteiger partial charge on any atom is 1.00 e. The number of unbranched alkanes of at least 4 members (excludes halogenated alkanes) is 10. The molecule has 0 spiro atoms. The minimum atomic E-state index is -1.62. The zero-order valence-corrected chi connectivity index (χ0v) is 46.7. The van der Waals surface area contributed by atoms with E-state index in [9.17, 15) is 58.8 Å². The second-order valence-electron chi connectivity index (χ2n) is 12.7. The fraction of sp³-hybridized carbons (Fsp3) is 0.771. The third-order valence-electron chi connectivity index (χ3n) is 8.25. The maximum absolute atomic E-state index is 12.9. The molecule has 16 nitrogen and oxygen atoms in total. The van der Waals surface area contributed by atoms with E-state index in [1.54, 1.807) is 0 Å². The van der Waals surface area contributed by atoms with Crippen molar-refractivity contribution in [2.24, 2.45) is 0 Å². The summed E-state index contributed by atoms with van der Waals surface area (Å²) in [5.74, 6) is -9.08. The van der Waals surface area contributed by atoms with Gasteiger partial charge in [-0.3, -0.25) is 19.2 Å². The number of carboxylic acid groups (broad SMARTS) is 4. The summed E-state index contributed by atoms with van der Waals surface area (Å²) in [5, 5.41) is 50.5. The Morgan fingerprint density at radius 3 is 1.05 bits per heavy atom. The number of rotatable bonds is 32. The number of hydrogen-bond acceptors (Lipinski definition) is 12. The van der Waals surface area contributed by atoms with E-state index in [0.29, 0.717) is 12.8 Å². The van der Waals surface area contributed by atoms with Crippen LogP contribution < -0.4 is 237 Å². The van der Waals surface area contributed by atoms with Crippen molar-refractivity contribution in [2.75, 3.05) is 26.2 Å². The second kappa shape index (κ2) is 43.0. The SMILES string of the molecule is CCCCCCCCC(=O)NC(CCC(=O)N(CCCN(CC(=O)[O-])C(=O)CCC(NC(=O)CCCCCCCC)C(=O)[O-])CC(=O)[O-])C(=O)[O-].[K+].[K+].[K+].[K+]. The molecule has 0 aliphatic carbocycles. The van der Waals surface area contributed by atoms with Gasteiger partial charge in [0.2, 0.25) is 23.6 Å². The Morgan fingerprint density at radius 1 is 0.455 bits per heavy atom. The molecule has 0 aromatic rings. The van der Waals surface area contributed by atoms with E-state index < -0.39 is 85.5 Å². The molecule has 0 heterocycles. The van der Waals surface area contributed by atoms with Gasteiger partial charge in [0, 0.05) is 38.8 Å². The molecule has 55 heavy (non-hydrogen) atoms. The third kappa shape index (κ3) is 37.8. The van der Waals surface area contributed by atoms with Crippen molar-refractivity contribution in [3.05, 3.63) is 0 Å². The van der Waals surface area contributed by atoms with E-state index in [-0.39, 0.29) is 251 Å². The van der Waals surface area contributed by atoms with Gasteiger partial charge in [-0.1, -0.05) is 78.1 Å².